The summed E-state index contributed by atoms with van der Waals surface area (Å²) in [6.07, 6.45) is 2.55. The monoisotopic (exact) mass is 288 g/mol. The van der Waals surface area contributed by atoms with Gasteiger partial charge >= 0.3 is 7.12 Å². The Morgan fingerprint density at radius 1 is 1.10 bits per heavy atom. The molecule has 0 unspecified atom stereocenters. The van der Waals surface area contributed by atoms with Crippen LogP contribution in [-0.2, 0) is 9.31 Å². The molecule has 1 saturated heterocycles. The smallest absolute Gasteiger partial charge is 0.495 e. The van der Waals surface area contributed by atoms with Gasteiger partial charge in [-0.2, -0.15) is 0 Å². The molecular formula is C17H25BO3. The normalized spacial score (nSPS) is 23.4. The molecule has 3 nitrogen and oxygen atoms in total. The van der Waals surface area contributed by atoms with Crippen LogP contribution >= 0.6 is 0 Å². The van der Waals surface area contributed by atoms with Gasteiger partial charge in [-0.15, -0.1) is 0 Å². The van der Waals surface area contributed by atoms with Crippen molar-refractivity contribution in [3.05, 3.63) is 23.3 Å². The zero-order chi connectivity index (χ0) is 15.4. The van der Waals surface area contributed by atoms with Gasteiger partial charge in [0, 0.05) is 0 Å². The summed E-state index contributed by atoms with van der Waals surface area (Å²) in [6.45, 7) is 10.4. The molecule has 0 N–H and O–H groups in total. The molecular weight excluding hydrogens is 263 g/mol. The lowest BCUT2D eigenvalue weighted by Crippen LogP contribution is -2.41. The molecule has 1 aliphatic heterocycles. The average Bonchev–Trinajstić information content (AvgIpc) is 3.18. The van der Waals surface area contributed by atoms with Gasteiger partial charge in [0.2, 0.25) is 0 Å². The van der Waals surface area contributed by atoms with Crippen molar-refractivity contribution in [2.75, 3.05) is 7.11 Å². The molecule has 0 aromatic heterocycles. The summed E-state index contributed by atoms with van der Waals surface area (Å²) >= 11 is 0. The van der Waals surface area contributed by atoms with Crippen molar-refractivity contribution < 1.29 is 14.0 Å². The second-order valence-corrected chi connectivity index (χ2v) is 7.30. The molecule has 0 radical (unpaired) electrons. The molecule has 0 atom stereocenters. The van der Waals surface area contributed by atoms with Crippen molar-refractivity contribution in [3.63, 3.8) is 0 Å². The van der Waals surface area contributed by atoms with E-state index in [2.05, 4.69) is 46.8 Å². The summed E-state index contributed by atoms with van der Waals surface area (Å²) in [4.78, 5) is 0. The third-order valence-corrected chi connectivity index (χ3v) is 5.20. The number of hydrogen-bond donors (Lipinski definition) is 0. The zero-order valence-electron chi connectivity index (χ0n) is 13.9. The molecule has 114 valence electrons. The van der Waals surface area contributed by atoms with Crippen molar-refractivity contribution in [1.82, 2.24) is 0 Å². The van der Waals surface area contributed by atoms with Gasteiger partial charge in [-0.1, -0.05) is 6.07 Å². The fourth-order valence-corrected chi connectivity index (χ4v) is 2.81. The SMILES string of the molecule is COc1cc(C2CC2)cc(B2OC(C)(C)C(C)(C)O2)c1C. The largest absolute Gasteiger partial charge is 0.496 e. The fraction of sp³-hybridized carbons (Fsp3) is 0.647. The predicted molar refractivity (Wildman–Crippen MR) is 85.4 cm³/mol. The Kier molecular flexibility index (Phi) is 3.38. The van der Waals surface area contributed by atoms with E-state index in [1.165, 1.54) is 18.4 Å². The van der Waals surface area contributed by atoms with Crippen LogP contribution in [0.5, 0.6) is 5.75 Å². The van der Waals surface area contributed by atoms with Crippen molar-refractivity contribution in [1.29, 1.82) is 0 Å². The maximum absolute atomic E-state index is 6.21. The number of rotatable bonds is 3. The highest BCUT2D eigenvalue weighted by molar-refractivity contribution is 6.62. The lowest BCUT2D eigenvalue weighted by Gasteiger charge is -2.32. The molecule has 2 fully saturated rings. The van der Waals surface area contributed by atoms with Crippen LogP contribution in [0.2, 0.25) is 0 Å². The Morgan fingerprint density at radius 3 is 2.14 bits per heavy atom. The van der Waals surface area contributed by atoms with E-state index in [4.69, 9.17) is 14.0 Å². The summed E-state index contributed by atoms with van der Waals surface area (Å²) in [7, 11) is 1.41. The summed E-state index contributed by atoms with van der Waals surface area (Å²) in [5.41, 5.74) is 2.94. The Morgan fingerprint density at radius 2 is 1.67 bits per heavy atom. The topological polar surface area (TPSA) is 27.7 Å². The van der Waals surface area contributed by atoms with Gasteiger partial charge in [0.05, 0.1) is 18.3 Å². The third kappa shape index (κ3) is 2.49. The predicted octanol–water partition coefficient (Wildman–Crippen LogP) is 3.18. The van der Waals surface area contributed by atoms with E-state index in [0.717, 1.165) is 16.8 Å². The number of benzene rings is 1. The van der Waals surface area contributed by atoms with Crippen LogP contribution in [-0.4, -0.2) is 25.4 Å². The van der Waals surface area contributed by atoms with Crippen molar-refractivity contribution in [2.24, 2.45) is 0 Å². The van der Waals surface area contributed by atoms with E-state index in [1.54, 1.807) is 7.11 Å². The van der Waals surface area contributed by atoms with Gasteiger partial charge in [-0.25, -0.2) is 0 Å². The van der Waals surface area contributed by atoms with Crippen molar-refractivity contribution >= 4 is 12.6 Å². The second-order valence-electron chi connectivity index (χ2n) is 7.30. The second kappa shape index (κ2) is 4.75. The first kappa shape index (κ1) is 14.9. The van der Waals surface area contributed by atoms with Crippen LogP contribution in [0.4, 0.5) is 0 Å². The van der Waals surface area contributed by atoms with Gasteiger partial charge in [-0.05, 0) is 76.0 Å². The Hall–Kier alpha value is -0.995. The number of ether oxygens (including phenoxy) is 1. The molecule has 1 saturated carbocycles. The highest BCUT2D eigenvalue weighted by Crippen LogP contribution is 2.42. The minimum atomic E-state index is -0.317. The van der Waals surface area contributed by atoms with Crippen LogP contribution < -0.4 is 10.2 Å². The maximum Gasteiger partial charge on any atom is 0.495 e. The van der Waals surface area contributed by atoms with Gasteiger partial charge in [0.15, 0.2) is 0 Å². The fourth-order valence-electron chi connectivity index (χ4n) is 2.81. The quantitative estimate of drug-likeness (QED) is 0.799. The standard InChI is InChI=1S/C17H25BO3/c1-11-14(18-20-16(2,3)17(4,5)21-18)9-13(12-7-8-12)10-15(11)19-6/h9-10,12H,7-8H2,1-6H3. The first-order valence-corrected chi connectivity index (χ1v) is 7.79. The highest BCUT2D eigenvalue weighted by Gasteiger charge is 2.52. The zero-order valence-corrected chi connectivity index (χ0v) is 13.9. The molecule has 0 amide bonds. The van der Waals surface area contributed by atoms with Gasteiger partial charge in [0.1, 0.15) is 5.75 Å². The van der Waals surface area contributed by atoms with E-state index in [9.17, 15) is 0 Å². The summed E-state index contributed by atoms with van der Waals surface area (Å²) < 4.78 is 18.0. The molecule has 3 rings (SSSR count). The average molecular weight is 288 g/mol. The molecule has 21 heavy (non-hydrogen) atoms. The molecule has 4 heteroatoms. The van der Waals surface area contributed by atoms with Crippen molar-refractivity contribution in [2.45, 2.75) is 64.6 Å². The van der Waals surface area contributed by atoms with Gasteiger partial charge in [-0.3, -0.25) is 0 Å². The van der Waals surface area contributed by atoms with Crippen LogP contribution in [0.3, 0.4) is 0 Å². The Bertz CT molecular complexity index is 545. The molecule has 1 aliphatic carbocycles. The lowest BCUT2D eigenvalue weighted by molar-refractivity contribution is 0.00578. The van der Waals surface area contributed by atoms with Crippen LogP contribution in [0.25, 0.3) is 0 Å². The van der Waals surface area contributed by atoms with E-state index >= 15 is 0 Å². The molecule has 1 aromatic rings. The van der Waals surface area contributed by atoms with E-state index in [-0.39, 0.29) is 18.3 Å². The Balaban J connectivity index is 2.00. The van der Waals surface area contributed by atoms with E-state index < -0.39 is 0 Å². The summed E-state index contributed by atoms with van der Waals surface area (Å²) in [6, 6.07) is 4.42. The Labute approximate surface area is 128 Å². The van der Waals surface area contributed by atoms with Crippen molar-refractivity contribution in [3.8, 4) is 5.75 Å². The van der Waals surface area contributed by atoms with E-state index in [1.807, 2.05) is 0 Å². The first-order chi connectivity index (χ1) is 9.75. The third-order valence-electron chi connectivity index (χ3n) is 5.20. The molecule has 1 heterocycles. The summed E-state index contributed by atoms with van der Waals surface area (Å²) in [5.74, 6) is 1.62. The van der Waals surface area contributed by atoms with Gasteiger partial charge < -0.3 is 14.0 Å². The van der Waals surface area contributed by atoms with Crippen LogP contribution in [0.15, 0.2) is 12.1 Å². The minimum Gasteiger partial charge on any atom is -0.496 e. The molecule has 1 aromatic carbocycles. The minimum absolute atomic E-state index is 0.313. The lowest BCUT2D eigenvalue weighted by atomic mass is 9.75. The summed E-state index contributed by atoms with van der Waals surface area (Å²) in [5, 5.41) is 0. The first-order valence-electron chi connectivity index (χ1n) is 7.79. The number of methoxy groups -OCH3 is 1. The van der Waals surface area contributed by atoms with E-state index in [0.29, 0.717) is 5.92 Å². The van der Waals surface area contributed by atoms with Crippen LogP contribution in [0, 0.1) is 6.92 Å². The van der Waals surface area contributed by atoms with Crippen LogP contribution in [0.1, 0.15) is 57.6 Å². The molecule has 2 aliphatic rings. The number of hydrogen-bond acceptors (Lipinski definition) is 3. The maximum atomic E-state index is 6.21. The molecule has 0 bridgehead atoms. The van der Waals surface area contributed by atoms with Gasteiger partial charge in [0.25, 0.3) is 0 Å². The molecule has 0 spiro atoms. The highest BCUT2D eigenvalue weighted by atomic mass is 16.7.